The number of aliphatic hydroxyl groups is 1. The fourth-order valence-corrected chi connectivity index (χ4v) is 4.87. The first-order valence-corrected chi connectivity index (χ1v) is 8.92. The molecule has 7 heteroatoms. The van der Waals surface area contributed by atoms with Crippen LogP contribution in [0.1, 0.15) is 31.4 Å². The second-order valence-electron chi connectivity index (χ2n) is 6.57. The highest BCUT2D eigenvalue weighted by Gasteiger charge is 2.50. The number of likely N-dealkylation sites (tertiary alicyclic amines) is 1. The lowest BCUT2D eigenvalue weighted by atomic mass is 9.79. The van der Waals surface area contributed by atoms with Gasteiger partial charge in [0.25, 0.3) is 5.56 Å². The van der Waals surface area contributed by atoms with Crippen LogP contribution < -0.4 is 5.56 Å². The Balaban J connectivity index is 1.61. The molecule has 0 aromatic carbocycles. The fourth-order valence-electron chi connectivity index (χ4n) is 4.14. The number of methoxy groups -OCH3 is 1. The molecule has 3 atom stereocenters. The van der Waals surface area contributed by atoms with E-state index in [1.165, 1.54) is 11.3 Å². The molecule has 1 aliphatic heterocycles. The predicted molar refractivity (Wildman–Crippen MR) is 87.8 cm³/mol. The lowest BCUT2D eigenvalue weighted by Gasteiger charge is -2.42. The van der Waals surface area contributed by atoms with Crippen molar-refractivity contribution in [3.8, 4) is 0 Å². The van der Waals surface area contributed by atoms with Crippen molar-refractivity contribution in [2.24, 2.45) is 0 Å². The number of thiazole rings is 1. The lowest BCUT2D eigenvalue weighted by molar-refractivity contribution is -0.0880. The minimum Gasteiger partial charge on any atom is -0.393 e. The molecule has 0 spiro atoms. The van der Waals surface area contributed by atoms with Crippen LogP contribution in [0.15, 0.2) is 22.4 Å². The first-order valence-electron chi connectivity index (χ1n) is 8.04. The van der Waals surface area contributed by atoms with Crippen LogP contribution in [-0.2, 0) is 11.3 Å². The minimum absolute atomic E-state index is 0.0351. The smallest absolute Gasteiger partial charge is 0.258 e. The van der Waals surface area contributed by atoms with Crippen molar-refractivity contribution in [3.05, 3.63) is 33.7 Å². The van der Waals surface area contributed by atoms with Gasteiger partial charge in [-0.3, -0.25) is 14.1 Å². The van der Waals surface area contributed by atoms with E-state index in [2.05, 4.69) is 9.88 Å². The highest BCUT2D eigenvalue weighted by atomic mass is 32.1. The highest BCUT2D eigenvalue weighted by molar-refractivity contribution is 7.15. The Bertz CT molecular complexity index is 773. The van der Waals surface area contributed by atoms with Gasteiger partial charge >= 0.3 is 0 Å². The number of hydrogen-bond donors (Lipinski definition) is 1. The van der Waals surface area contributed by atoms with Crippen molar-refractivity contribution in [2.45, 2.75) is 50.0 Å². The van der Waals surface area contributed by atoms with Crippen LogP contribution >= 0.6 is 11.3 Å². The fraction of sp³-hybridized carbons (Fsp3) is 0.625. The number of aliphatic hydroxyl groups excluding tert-OH is 1. The van der Waals surface area contributed by atoms with Crippen LogP contribution in [0.5, 0.6) is 0 Å². The average Bonchev–Trinajstić information content (AvgIpc) is 3.14. The van der Waals surface area contributed by atoms with Crippen LogP contribution in [0.3, 0.4) is 0 Å². The average molecular weight is 335 g/mol. The van der Waals surface area contributed by atoms with Crippen molar-refractivity contribution in [3.63, 3.8) is 0 Å². The van der Waals surface area contributed by atoms with Crippen molar-refractivity contribution in [2.75, 3.05) is 13.7 Å². The van der Waals surface area contributed by atoms with Crippen LogP contribution in [0.25, 0.3) is 4.96 Å². The van der Waals surface area contributed by atoms with Crippen LogP contribution in [0.2, 0.25) is 0 Å². The van der Waals surface area contributed by atoms with Gasteiger partial charge in [0.2, 0.25) is 0 Å². The van der Waals surface area contributed by atoms with Crippen LogP contribution in [0, 0.1) is 0 Å². The topological polar surface area (TPSA) is 67.1 Å². The van der Waals surface area contributed by atoms with E-state index in [0.717, 1.165) is 42.9 Å². The summed E-state index contributed by atoms with van der Waals surface area (Å²) in [5.74, 6) is 0. The van der Waals surface area contributed by atoms with Crippen molar-refractivity contribution < 1.29 is 9.84 Å². The van der Waals surface area contributed by atoms with Crippen LogP contribution in [0.4, 0.5) is 0 Å². The monoisotopic (exact) mass is 335 g/mol. The Morgan fingerprint density at radius 1 is 1.52 bits per heavy atom. The van der Waals surface area contributed by atoms with E-state index in [4.69, 9.17) is 4.74 Å². The molecular weight excluding hydrogens is 314 g/mol. The molecule has 0 radical (unpaired) electrons. The Labute approximate surface area is 138 Å². The van der Waals surface area contributed by atoms with Gasteiger partial charge < -0.3 is 9.84 Å². The molecule has 3 heterocycles. The summed E-state index contributed by atoms with van der Waals surface area (Å²) in [5.41, 5.74) is 0.609. The van der Waals surface area contributed by atoms with Gasteiger partial charge in [-0.05, 0) is 25.7 Å². The van der Waals surface area contributed by atoms with Gasteiger partial charge in [-0.25, -0.2) is 4.98 Å². The van der Waals surface area contributed by atoms with Crippen molar-refractivity contribution >= 4 is 16.3 Å². The first-order chi connectivity index (χ1) is 11.1. The molecule has 2 fully saturated rings. The zero-order valence-corrected chi connectivity index (χ0v) is 14.0. The Kier molecular flexibility index (Phi) is 3.76. The summed E-state index contributed by atoms with van der Waals surface area (Å²) in [4.78, 5) is 19.8. The Morgan fingerprint density at radius 2 is 2.39 bits per heavy atom. The van der Waals surface area contributed by atoms with E-state index in [0.29, 0.717) is 6.54 Å². The zero-order valence-electron chi connectivity index (χ0n) is 13.1. The third kappa shape index (κ3) is 2.52. The molecule has 2 aromatic heterocycles. The molecule has 6 nitrogen and oxygen atoms in total. The van der Waals surface area contributed by atoms with E-state index < -0.39 is 0 Å². The molecular formula is C16H21N3O3S. The summed E-state index contributed by atoms with van der Waals surface area (Å²) in [7, 11) is 1.77. The van der Waals surface area contributed by atoms with E-state index in [1.807, 2.05) is 5.38 Å². The highest BCUT2D eigenvalue weighted by Crippen LogP contribution is 2.42. The van der Waals surface area contributed by atoms with Gasteiger partial charge in [0, 0.05) is 43.9 Å². The quantitative estimate of drug-likeness (QED) is 0.915. The van der Waals surface area contributed by atoms with Gasteiger partial charge in [-0.1, -0.05) is 0 Å². The number of ether oxygens (including phenoxy) is 1. The van der Waals surface area contributed by atoms with E-state index in [-0.39, 0.29) is 23.3 Å². The van der Waals surface area contributed by atoms with E-state index >= 15 is 0 Å². The van der Waals surface area contributed by atoms with Gasteiger partial charge in [0.05, 0.1) is 17.4 Å². The summed E-state index contributed by atoms with van der Waals surface area (Å²) >= 11 is 1.47. The molecule has 2 aromatic rings. The number of hydrogen-bond acceptors (Lipinski definition) is 6. The summed E-state index contributed by atoms with van der Waals surface area (Å²) < 4.78 is 7.43. The van der Waals surface area contributed by atoms with Crippen LogP contribution in [-0.4, -0.2) is 50.8 Å². The number of rotatable bonds is 3. The Hall–Kier alpha value is -1.28. The van der Waals surface area contributed by atoms with Gasteiger partial charge in [-0.15, -0.1) is 11.3 Å². The van der Waals surface area contributed by atoms with E-state index in [9.17, 15) is 9.90 Å². The molecule has 0 bridgehead atoms. The van der Waals surface area contributed by atoms with E-state index in [1.54, 1.807) is 23.8 Å². The molecule has 23 heavy (non-hydrogen) atoms. The maximum absolute atomic E-state index is 12.1. The second kappa shape index (κ2) is 5.66. The molecule has 4 rings (SSSR count). The molecule has 1 N–H and O–H groups in total. The van der Waals surface area contributed by atoms with Crippen molar-refractivity contribution in [1.29, 1.82) is 0 Å². The normalized spacial score (nSPS) is 31.6. The molecule has 2 aliphatic rings. The second-order valence-corrected chi connectivity index (χ2v) is 7.45. The summed E-state index contributed by atoms with van der Waals surface area (Å²) in [6, 6.07) is 1.81. The van der Waals surface area contributed by atoms with Gasteiger partial charge in [0.1, 0.15) is 0 Å². The maximum atomic E-state index is 12.1. The zero-order chi connectivity index (χ0) is 16.0. The largest absolute Gasteiger partial charge is 0.393 e. The Morgan fingerprint density at radius 3 is 3.22 bits per heavy atom. The third-order valence-electron chi connectivity index (χ3n) is 5.39. The van der Waals surface area contributed by atoms with Gasteiger partial charge in [-0.2, -0.15) is 0 Å². The van der Waals surface area contributed by atoms with Crippen molar-refractivity contribution in [1.82, 2.24) is 14.3 Å². The summed E-state index contributed by atoms with van der Waals surface area (Å²) in [6.07, 6.45) is 4.89. The first kappa shape index (κ1) is 15.3. The molecule has 1 aliphatic carbocycles. The molecule has 0 unspecified atom stereocenters. The molecule has 0 amide bonds. The SMILES string of the molecule is CO[C@@]12CC[C@@H](O)C[C@@H]1N(Cc1cc(=O)n3ccsc3n1)CC2. The lowest BCUT2D eigenvalue weighted by Crippen LogP contribution is -2.51. The number of fused-ring (bicyclic) bond motifs is 2. The molecule has 1 saturated carbocycles. The standard InChI is InChI=1S/C16H21N3O3S/c1-22-16-3-2-12(20)9-13(16)18(5-4-16)10-11-8-14(21)19-6-7-23-15(19)17-11/h6-8,12-13,20H,2-5,9-10H2,1H3/t12-,13+,16-/m1/s1. The third-order valence-corrected chi connectivity index (χ3v) is 6.15. The summed E-state index contributed by atoms with van der Waals surface area (Å²) in [5, 5.41) is 11.9. The number of nitrogens with zero attached hydrogens (tertiary/aromatic N) is 3. The minimum atomic E-state index is -0.262. The number of aromatic nitrogens is 2. The summed E-state index contributed by atoms with van der Waals surface area (Å²) in [6.45, 7) is 1.54. The molecule has 1 saturated heterocycles. The maximum Gasteiger partial charge on any atom is 0.258 e. The predicted octanol–water partition coefficient (Wildman–Crippen LogP) is 1.26. The molecule has 124 valence electrons. The van der Waals surface area contributed by atoms with Gasteiger partial charge in [0.15, 0.2) is 4.96 Å².